The Morgan fingerprint density at radius 1 is 1.23 bits per heavy atom. The molecule has 0 saturated carbocycles. The summed E-state index contributed by atoms with van der Waals surface area (Å²) in [4.78, 5) is 0.849. The summed E-state index contributed by atoms with van der Waals surface area (Å²) < 4.78 is 33.2. The van der Waals surface area contributed by atoms with Gasteiger partial charge < -0.3 is 9.84 Å². The number of rotatable bonds is 7. The second-order valence-electron chi connectivity index (χ2n) is 5.81. The summed E-state index contributed by atoms with van der Waals surface area (Å²) in [7, 11) is -2.26. The lowest BCUT2D eigenvalue weighted by molar-refractivity contribution is 0.0903. The highest BCUT2D eigenvalue weighted by Gasteiger charge is 2.35. The average molecular weight is 410 g/mol. The van der Waals surface area contributed by atoms with Crippen LogP contribution in [-0.4, -0.2) is 27.2 Å². The zero-order chi connectivity index (χ0) is 18.8. The highest BCUT2D eigenvalue weighted by molar-refractivity contribution is 7.89. The molecule has 8 heteroatoms. The van der Waals surface area contributed by atoms with Crippen molar-refractivity contribution in [1.82, 2.24) is 4.72 Å². The van der Waals surface area contributed by atoms with Crippen molar-refractivity contribution >= 4 is 32.7 Å². The van der Waals surface area contributed by atoms with Crippen molar-refractivity contribution in [2.75, 3.05) is 13.7 Å². The first-order valence-electron chi connectivity index (χ1n) is 7.80. The van der Waals surface area contributed by atoms with Crippen molar-refractivity contribution in [2.45, 2.75) is 17.4 Å². The molecule has 0 aliphatic heterocycles. The van der Waals surface area contributed by atoms with E-state index in [1.54, 1.807) is 31.2 Å². The average Bonchev–Trinajstić information content (AvgIpc) is 3.33. The van der Waals surface area contributed by atoms with Crippen molar-refractivity contribution in [3.05, 3.63) is 68.5 Å². The number of hydrogen-bond acceptors (Lipinski definition) is 6. The van der Waals surface area contributed by atoms with Gasteiger partial charge in [0.05, 0.1) is 12.0 Å². The second-order valence-corrected chi connectivity index (χ2v) is 9.27. The van der Waals surface area contributed by atoms with Gasteiger partial charge in [-0.1, -0.05) is 6.07 Å². The lowest BCUT2D eigenvalue weighted by Crippen LogP contribution is -2.41. The van der Waals surface area contributed by atoms with Gasteiger partial charge in [-0.05, 0) is 59.0 Å². The van der Waals surface area contributed by atoms with Crippen molar-refractivity contribution in [2.24, 2.45) is 0 Å². The smallest absolute Gasteiger partial charge is 0.240 e. The molecule has 0 amide bonds. The Morgan fingerprint density at radius 2 is 2.04 bits per heavy atom. The van der Waals surface area contributed by atoms with Gasteiger partial charge in [0.15, 0.2) is 0 Å². The first-order chi connectivity index (χ1) is 12.4. The maximum Gasteiger partial charge on any atom is 0.240 e. The maximum atomic E-state index is 12.8. The van der Waals surface area contributed by atoms with Gasteiger partial charge in [-0.15, -0.1) is 11.3 Å². The molecule has 1 unspecified atom stereocenters. The summed E-state index contributed by atoms with van der Waals surface area (Å²) in [5, 5.41) is 16.8. The quantitative estimate of drug-likeness (QED) is 0.628. The Morgan fingerprint density at radius 3 is 2.62 bits per heavy atom. The zero-order valence-corrected chi connectivity index (χ0v) is 16.7. The van der Waals surface area contributed by atoms with Crippen LogP contribution in [-0.2, 0) is 15.6 Å². The van der Waals surface area contributed by atoms with Gasteiger partial charge in [0.25, 0.3) is 0 Å². The van der Waals surface area contributed by atoms with Crippen molar-refractivity contribution in [3.8, 4) is 5.75 Å². The molecule has 0 fully saturated rings. The highest BCUT2D eigenvalue weighted by Crippen LogP contribution is 2.34. The molecule has 3 aromatic rings. The van der Waals surface area contributed by atoms with E-state index in [1.807, 2.05) is 22.2 Å². The molecule has 26 heavy (non-hydrogen) atoms. The maximum absolute atomic E-state index is 12.8. The lowest BCUT2D eigenvalue weighted by atomic mass is 9.95. The van der Waals surface area contributed by atoms with Crippen LogP contribution in [0, 0.1) is 6.92 Å². The number of aliphatic hydroxyl groups is 1. The fraction of sp³-hybridized carbons (Fsp3) is 0.222. The third-order valence-corrected chi connectivity index (χ3v) is 7.38. The molecular formula is C18H19NO4S3. The Balaban J connectivity index is 1.90. The van der Waals surface area contributed by atoms with Gasteiger partial charge in [-0.2, -0.15) is 11.3 Å². The number of nitrogens with one attached hydrogen (secondary N) is 1. The van der Waals surface area contributed by atoms with Gasteiger partial charge in [0.2, 0.25) is 10.0 Å². The second kappa shape index (κ2) is 7.50. The standard InChI is InChI=1S/C18H19NO4S3/c1-13-10-15(23-2)5-6-16(13)26(21,22)19-12-18(20,14-7-9-24-11-14)17-4-3-8-25-17/h3-11,19-20H,12H2,1-2H3. The van der Waals surface area contributed by atoms with Crippen LogP contribution < -0.4 is 9.46 Å². The first-order valence-corrected chi connectivity index (χ1v) is 11.1. The predicted octanol–water partition coefficient (Wildman–Crippen LogP) is 3.34. The summed E-state index contributed by atoms with van der Waals surface area (Å²) in [5.74, 6) is 0.592. The molecule has 1 atom stereocenters. The molecule has 2 N–H and O–H groups in total. The fourth-order valence-corrected chi connectivity index (χ4v) is 5.53. The van der Waals surface area contributed by atoms with E-state index in [0.29, 0.717) is 21.8 Å². The van der Waals surface area contributed by atoms with E-state index in [0.717, 1.165) is 0 Å². The van der Waals surface area contributed by atoms with Crippen LogP contribution in [0.2, 0.25) is 0 Å². The number of ether oxygens (including phenoxy) is 1. The van der Waals surface area contributed by atoms with Gasteiger partial charge >= 0.3 is 0 Å². The molecule has 138 valence electrons. The molecule has 0 radical (unpaired) electrons. The normalized spacial score (nSPS) is 14.1. The summed E-state index contributed by atoms with van der Waals surface area (Å²) in [6.07, 6.45) is 0. The fourth-order valence-electron chi connectivity index (χ4n) is 2.67. The van der Waals surface area contributed by atoms with E-state index in [4.69, 9.17) is 4.74 Å². The number of sulfonamides is 1. The van der Waals surface area contributed by atoms with Gasteiger partial charge in [0.1, 0.15) is 11.4 Å². The molecule has 1 aromatic carbocycles. The number of methoxy groups -OCH3 is 1. The van der Waals surface area contributed by atoms with E-state index >= 15 is 0 Å². The minimum atomic E-state index is -3.79. The summed E-state index contributed by atoms with van der Waals surface area (Å²) >= 11 is 2.84. The first kappa shape index (κ1) is 19.1. The molecule has 0 spiro atoms. The largest absolute Gasteiger partial charge is 0.497 e. The Bertz CT molecular complexity index is 930. The SMILES string of the molecule is COc1ccc(S(=O)(=O)NCC(O)(c2ccsc2)c2cccs2)c(C)c1. The van der Waals surface area contributed by atoms with Crippen LogP contribution in [0.25, 0.3) is 0 Å². The molecule has 0 aliphatic carbocycles. The minimum Gasteiger partial charge on any atom is -0.497 e. The Labute approximate surface area is 161 Å². The molecular weight excluding hydrogens is 390 g/mol. The Kier molecular flexibility index (Phi) is 5.50. The van der Waals surface area contributed by atoms with E-state index in [9.17, 15) is 13.5 Å². The third kappa shape index (κ3) is 3.70. The third-order valence-electron chi connectivity index (χ3n) is 4.12. The number of thiophene rings is 2. The molecule has 5 nitrogen and oxygen atoms in total. The van der Waals surface area contributed by atoms with Crippen LogP contribution >= 0.6 is 22.7 Å². The molecule has 0 bridgehead atoms. The van der Waals surface area contributed by atoms with E-state index in [-0.39, 0.29) is 11.4 Å². The molecule has 0 saturated heterocycles. The molecule has 2 heterocycles. The number of aryl methyl sites for hydroxylation is 1. The van der Waals surface area contributed by atoms with Crippen LogP contribution in [0.4, 0.5) is 0 Å². The lowest BCUT2D eigenvalue weighted by Gasteiger charge is -2.27. The molecule has 3 rings (SSSR count). The summed E-state index contributed by atoms with van der Waals surface area (Å²) in [6, 6.07) is 10.2. The topological polar surface area (TPSA) is 75.6 Å². The zero-order valence-electron chi connectivity index (χ0n) is 14.3. The van der Waals surface area contributed by atoms with Gasteiger partial charge in [-0.25, -0.2) is 13.1 Å². The monoisotopic (exact) mass is 409 g/mol. The summed E-state index contributed by atoms with van der Waals surface area (Å²) in [5.41, 5.74) is -0.173. The van der Waals surface area contributed by atoms with Crippen LogP contribution in [0.15, 0.2) is 57.4 Å². The predicted molar refractivity (Wildman–Crippen MR) is 105 cm³/mol. The molecule has 2 aromatic heterocycles. The van der Waals surface area contributed by atoms with E-state index in [2.05, 4.69) is 4.72 Å². The van der Waals surface area contributed by atoms with E-state index in [1.165, 1.54) is 35.8 Å². The summed E-state index contributed by atoms with van der Waals surface area (Å²) in [6.45, 7) is 1.56. The minimum absolute atomic E-state index is 0.155. The molecule has 0 aliphatic rings. The van der Waals surface area contributed by atoms with Crippen molar-refractivity contribution in [1.29, 1.82) is 0 Å². The van der Waals surface area contributed by atoms with E-state index < -0.39 is 15.6 Å². The van der Waals surface area contributed by atoms with Crippen molar-refractivity contribution in [3.63, 3.8) is 0 Å². The number of benzene rings is 1. The Hall–Kier alpha value is -1.71. The highest BCUT2D eigenvalue weighted by atomic mass is 32.2. The van der Waals surface area contributed by atoms with Crippen LogP contribution in [0.3, 0.4) is 0 Å². The van der Waals surface area contributed by atoms with Crippen molar-refractivity contribution < 1.29 is 18.3 Å². The van der Waals surface area contributed by atoms with Gasteiger partial charge in [0, 0.05) is 17.0 Å². The van der Waals surface area contributed by atoms with Crippen LogP contribution in [0.5, 0.6) is 5.75 Å². The number of hydrogen-bond donors (Lipinski definition) is 2. The van der Waals surface area contributed by atoms with Gasteiger partial charge in [-0.3, -0.25) is 0 Å². The van der Waals surface area contributed by atoms with Crippen LogP contribution in [0.1, 0.15) is 16.0 Å².